The van der Waals surface area contributed by atoms with Crippen molar-refractivity contribution in [1.82, 2.24) is 20.0 Å². The van der Waals surface area contributed by atoms with E-state index in [2.05, 4.69) is 27.2 Å². The molecule has 0 aromatic carbocycles. The molecule has 0 aliphatic carbocycles. The van der Waals surface area contributed by atoms with Crippen LogP contribution >= 0.6 is 0 Å². The van der Waals surface area contributed by atoms with Crippen LogP contribution < -0.4 is 5.32 Å². The molecule has 6 nitrogen and oxygen atoms in total. The van der Waals surface area contributed by atoms with Crippen LogP contribution in [0.5, 0.6) is 0 Å². The van der Waals surface area contributed by atoms with E-state index in [4.69, 9.17) is 4.74 Å². The van der Waals surface area contributed by atoms with Crippen molar-refractivity contribution in [2.45, 2.75) is 19.9 Å². The summed E-state index contributed by atoms with van der Waals surface area (Å²) in [6.45, 7) is 5.62. The number of aromatic nitrogens is 2. The molecule has 1 unspecified atom stereocenters. The van der Waals surface area contributed by atoms with E-state index in [0.717, 1.165) is 38.7 Å². The van der Waals surface area contributed by atoms with Crippen LogP contribution in [0.15, 0.2) is 17.4 Å². The molecular weight excluding hydrogens is 254 g/mol. The number of hydrogen-bond donors (Lipinski definition) is 1. The number of ether oxygens (including phenoxy) is 1. The highest BCUT2D eigenvalue weighted by atomic mass is 16.5. The van der Waals surface area contributed by atoms with Gasteiger partial charge in [0.05, 0.1) is 12.8 Å². The Balaban J connectivity index is 1.87. The van der Waals surface area contributed by atoms with Gasteiger partial charge in [0.2, 0.25) is 0 Å². The third kappa shape index (κ3) is 3.72. The molecular formula is C14H25N5O. The van der Waals surface area contributed by atoms with Crippen LogP contribution in [0.1, 0.15) is 18.9 Å². The van der Waals surface area contributed by atoms with Gasteiger partial charge in [-0.3, -0.25) is 9.67 Å². The van der Waals surface area contributed by atoms with E-state index >= 15 is 0 Å². The van der Waals surface area contributed by atoms with Gasteiger partial charge in [-0.15, -0.1) is 0 Å². The van der Waals surface area contributed by atoms with Crippen molar-refractivity contribution in [3.8, 4) is 0 Å². The van der Waals surface area contributed by atoms with Crippen LogP contribution in [-0.2, 0) is 18.3 Å². The standard InChI is InChI=1S/C14H25N5O/c1-14(5-6-20-11-14)10-16-13(15-2)18(3)8-12-7-17-19(4)9-12/h7,9H,5-6,8,10-11H2,1-4H3,(H,15,16). The highest BCUT2D eigenvalue weighted by Crippen LogP contribution is 2.26. The van der Waals surface area contributed by atoms with Crippen LogP contribution in [0.4, 0.5) is 0 Å². The molecule has 1 aliphatic rings. The maximum Gasteiger partial charge on any atom is 0.193 e. The molecule has 1 N–H and O–H groups in total. The van der Waals surface area contributed by atoms with Gasteiger partial charge in [0.1, 0.15) is 0 Å². The first-order valence-corrected chi connectivity index (χ1v) is 6.99. The van der Waals surface area contributed by atoms with E-state index in [-0.39, 0.29) is 5.41 Å². The number of nitrogens with one attached hydrogen (secondary N) is 1. The first-order valence-electron chi connectivity index (χ1n) is 6.99. The van der Waals surface area contributed by atoms with E-state index in [0.29, 0.717) is 0 Å². The average molecular weight is 279 g/mol. The van der Waals surface area contributed by atoms with E-state index in [1.807, 2.05) is 38.2 Å². The smallest absolute Gasteiger partial charge is 0.193 e. The number of aliphatic imine (C=N–C) groups is 1. The molecule has 0 spiro atoms. The van der Waals surface area contributed by atoms with Gasteiger partial charge in [-0.25, -0.2) is 0 Å². The Labute approximate surface area is 120 Å². The quantitative estimate of drug-likeness (QED) is 0.656. The Bertz CT molecular complexity index is 462. The Hall–Kier alpha value is -1.56. The average Bonchev–Trinajstić information content (AvgIpc) is 3.00. The van der Waals surface area contributed by atoms with Crippen molar-refractivity contribution in [2.24, 2.45) is 17.5 Å². The molecule has 1 aromatic heterocycles. The number of hydrogen-bond acceptors (Lipinski definition) is 3. The zero-order valence-corrected chi connectivity index (χ0v) is 12.9. The summed E-state index contributed by atoms with van der Waals surface area (Å²) in [5.41, 5.74) is 1.39. The minimum atomic E-state index is 0.213. The number of rotatable bonds is 4. The summed E-state index contributed by atoms with van der Waals surface area (Å²) in [4.78, 5) is 6.45. The SMILES string of the molecule is CN=C(NCC1(C)CCOC1)N(C)Cc1cnn(C)c1. The highest BCUT2D eigenvalue weighted by molar-refractivity contribution is 5.79. The van der Waals surface area contributed by atoms with Crippen molar-refractivity contribution >= 4 is 5.96 Å². The lowest BCUT2D eigenvalue weighted by atomic mass is 9.90. The van der Waals surface area contributed by atoms with Gasteiger partial charge in [-0.05, 0) is 6.42 Å². The van der Waals surface area contributed by atoms with Crippen molar-refractivity contribution in [1.29, 1.82) is 0 Å². The Morgan fingerprint density at radius 1 is 1.65 bits per heavy atom. The molecule has 6 heteroatoms. The molecule has 1 aromatic rings. The van der Waals surface area contributed by atoms with E-state index in [9.17, 15) is 0 Å². The topological polar surface area (TPSA) is 54.7 Å². The Kier molecular flexibility index (Phi) is 4.65. The number of nitrogens with zero attached hydrogens (tertiary/aromatic N) is 4. The van der Waals surface area contributed by atoms with E-state index in [1.54, 1.807) is 0 Å². The fraction of sp³-hybridized carbons (Fsp3) is 0.714. The molecule has 112 valence electrons. The molecule has 0 saturated carbocycles. The maximum absolute atomic E-state index is 5.48. The summed E-state index contributed by atoms with van der Waals surface area (Å²) in [7, 11) is 5.78. The summed E-state index contributed by atoms with van der Waals surface area (Å²) in [5.74, 6) is 0.905. The first-order chi connectivity index (χ1) is 9.52. The monoisotopic (exact) mass is 279 g/mol. The van der Waals surface area contributed by atoms with Crippen LogP contribution in [-0.4, -0.2) is 54.5 Å². The lowest BCUT2D eigenvalue weighted by molar-refractivity contribution is 0.160. The number of aryl methyl sites for hydroxylation is 1. The summed E-state index contributed by atoms with van der Waals surface area (Å²) >= 11 is 0. The maximum atomic E-state index is 5.48. The molecule has 1 saturated heterocycles. The van der Waals surface area contributed by atoms with Gasteiger partial charge < -0.3 is 15.0 Å². The third-order valence-electron chi connectivity index (χ3n) is 3.73. The summed E-state index contributed by atoms with van der Waals surface area (Å²) in [5, 5.41) is 7.64. The molecule has 2 rings (SSSR count). The van der Waals surface area contributed by atoms with Crippen molar-refractivity contribution in [3.63, 3.8) is 0 Å². The summed E-state index contributed by atoms with van der Waals surface area (Å²) in [6, 6.07) is 0. The molecule has 0 radical (unpaired) electrons. The molecule has 1 atom stereocenters. The molecule has 0 bridgehead atoms. The molecule has 1 aliphatic heterocycles. The van der Waals surface area contributed by atoms with Crippen LogP contribution in [0, 0.1) is 5.41 Å². The van der Waals surface area contributed by atoms with E-state index < -0.39 is 0 Å². The highest BCUT2D eigenvalue weighted by Gasteiger charge is 2.29. The van der Waals surface area contributed by atoms with Gasteiger partial charge in [0.25, 0.3) is 0 Å². The predicted octanol–water partition coefficient (Wildman–Crippen LogP) is 0.854. The van der Waals surface area contributed by atoms with Crippen molar-refractivity contribution in [2.75, 3.05) is 33.9 Å². The zero-order chi connectivity index (χ0) is 14.6. The van der Waals surface area contributed by atoms with Gasteiger partial charge in [0.15, 0.2) is 5.96 Å². The lowest BCUT2D eigenvalue weighted by Gasteiger charge is -2.27. The van der Waals surface area contributed by atoms with Crippen LogP contribution in [0.25, 0.3) is 0 Å². The second-order valence-electron chi connectivity index (χ2n) is 5.89. The van der Waals surface area contributed by atoms with Crippen molar-refractivity contribution in [3.05, 3.63) is 18.0 Å². The third-order valence-corrected chi connectivity index (χ3v) is 3.73. The lowest BCUT2D eigenvalue weighted by Crippen LogP contribution is -2.43. The van der Waals surface area contributed by atoms with Gasteiger partial charge in [-0.2, -0.15) is 5.10 Å². The largest absolute Gasteiger partial charge is 0.381 e. The molecule has 1 fully saturated rings. The summed E-state index contributed by atoms with van der Waals surface area (Å²) in [6.07, 6.45) is 5.01. The molecule has 0 amide bonds. The molecule has 20 heavy (non-hydrogen) atoms. The van der Waals surface area contributed by atoms with Crippen LogP contribution in [0.3, 0.4) is 0 Å². The second kappa shape index (κ2) is 6.26. The Morgan fingerprint density at radius 2 is 2.45 bits per heavy atom. The van der Waals surface area contributed by atoms with Crippen molar-refractivity contribution < 1.29 is 4.74 Å². The number of guanidine groups is 1. The minimum absolute atomic E-state index is 0.213. The fourth-order valence-corrected chi connectivity index (χ4v) is 2.43. The first kappa shape index (κ1) is 14.8. The van der Waals surface area contributed by atoms with Gasteiger partial charge in [-0.1, -0.05) is 6.92 Å². The molecule has 2 heterocycles. The van der Waals surface area contributed by atoms with Crippen LogP contribution in [0.2, 0.25) is 0 Å². The Morgan fingerprint density at radius 3 is 3.00 bits per heavy atom. The fourth-order valence-electron chi connectivity index (χ4n) is 2.43. The van der Waals surface area contributed by atoms with Gasteiger partial charge >= 0.3 is 0 Å². The van der Waals surface area contributed by atoms with E-state index in [1.165, 1.54) is 5.56 Å². The second-order valence-corrected chi connectivity index (χ2v) is 5.89. The van der Waals surface area contributed by atoms with Gasteiger partial charge in [0, 0.05) is 58.0 Å². The minimum Gasteiger partial charge on any atom is -0.381 e. The normalized spacial score (nSPS) is 23.1. The predicted molar refractivity (Wildman–Crippen MR) is 79.6 cm³/mol. The zero-order valence-electron chi connectivity index (χ0n) is 12.9. The summed E-state index contributed by atoms with van der Waals surface area (Å²) < 4.78 is 7.30.